The number of hydrogen-bond acceptors (Lipinski definition) is 3. The van der Waals surface area contributed by atoms with Gasteiger partial charge in [0.15, 0.2) is 0 Å². The van der Waals surface area contributed by atoms with Gasteiger partial charge in [0.25, 0.3) is 0 Å². The van der Waals surface area contributed by atoms with Crippen LogP contribution in [0.2, 0.25) is 0 Å². The van der Waals surface area contributed by atoms with Crippen LogP contribution in [0.4, 0.5) is 13.2 Å². The van der Waals surface area contributed by atoms with Crippen molar-refractivity contribution in [3.05, 3.63) is 90.4 Å². The van der Waals surface area contributed by atoms with Crippen LogP contribution < -0.4 is 0 Å². The highest BCUT2D eigenvalue weighted by atomic mass is 32.2. The third kappa shape index (κ3) is 3.14. The maximum absolute atomic E-state index is 13.9. The van der Waals surface area contributed by atoms with Crippen molar-refractivity contribution in [2.24, 2.45) is 0 Å². The maximum atomic E-state index is 13.9. The van der Waals surface area contributed by atoms with Gasteiger partial charge in [-0.05, 0) is 54.1 Å². The quantitative estimate of drug-likeness (QED) is 0.479. The summed E-state index contributed by atoms with van der Waals surface area (Å²) < 4.78 is 67.3. The minimum absolute atomic E-state index is 0.175. The van der Waals surface area contributed by atoms with Crippen LogP contribution in [-0.2, 0) is 9.84 Å². The topological polar surface area (TPSA) is 47.0 Å². The number of benzene rings is 3. The Kier molecular flexibility index (Phi) is 4.39. The van der Waals surface area contributed by atoms with E-state index in [9.17, 15) is 21.6 Å². The van der Waals surface area contributed by atoms with Gasteiger partial charge in [-0.1, -0.05) is 18.2 Å². The summed E-state index contributed by atoms with van der Waals surface area (Å²) in [5.74, 6) is -1.77. The van der Waals surface area contributed by atoms with E-state index < -0.39 is 27.3 Å². The van der Waals surface area contributed by atoms with Crippen LogP contribution in [0.5, 0.6) is 0 Å². The Labute approximate surface area is 159 Å². The first-order valence-electron chi connectivity index (χ1n) is 8.21. The first-order valence-corrected chi connectivity index (χ1v) is 9.69. The molecule has 1 aromatic heterocycles. The fourth-order valence-electron chi connectivity index (χ4n) is 3.03. The van der Waals surface area contributed by atoms with Gasteiger partial charge in [0.2, 0.25) is 9.84 Å². The lowest BCUT2D eigenvalue weighted by Crippen LogP contribution is -2.06. The third-order valence-electron chi connectivity index (χ3n) is 4.32. The van der Waals surface area contributed by atoms with Crippen molar-refractivity contribution in [2.45, 2.75) is 9.79 Å². The predicted molar refractivity (Wildman–Crippen MR) is 98.9 cm³/mol. The summed E-state index contributed by atoms with van der Waals surface area (Å²) >= 11 is 0. The molecule has 0 N–H and O–H groups in total. The lowest BCUT2D eigenvalue weighted by molar-refractivity contribution is 0.591. The van der Waals surface area contributed by atoms with Crippen molar-refractivity contribution in [1.82, 2.24) is 4.98 Å². The van der Waals surface area contributed by atoms with Gasteiger partial charge >= 0.3 is 0 Å². The van der Waals surface area contributed by atoms with Crippen LogP contribution in [0.15, 0.2) is 82.7 Å². The van der Waals surface area contributed by atoms with E-state index in [4.69, 9.17) is 0 Å². The van der Waals surface area contributed by atoms with Crippen molar-refractivity contribution < 1.29 is 21.6 Å². The molecular formula is C21H12F3NO2S. The van der Waals surface area contributed by atoms with Gasteiger partial charge < -0.3 is 0 Å². The second-order valence-corrected chi connectivity index (χ2v) is 8.04. The first kappa shape index (κ1) is 18.2. The molecular weight excluding hydrogens is 387 g/mol. The molecule has 0 fully saturated rings. The van der Waals surface area contributed by atoms with E-state index in [2.05, 4.69) is 4.98 Å². The largest absolute Gasteiger partial charge is 0.255 e. The summed E-state index contributed by atoms with van der Waals surface area (Å²) in [6.07, 6.45) is 1.15. The highest BCUT2D eigenvalue weighted by molar-refractivity contribution is 7.91. The predicted octanol–water partition coefficient (Wildman–Crippen LogP) is 5.15. The van der Waals surface area contributed by atoms with Crippen LogP contribution in [0, 0.1) is 17.5 Å². The number of fused-ring (bicyclic) bond motifs is 1. The van der Waals surface area contributed by atoms with Crippen molar-refractivity contribution in [3.8, 4) is 11.1 Å². The molecule has 0 atom stereocenters. The number of sulfone groups is 1. The second kappa shape index (κ2) is 6.76. The van der Waals surface area contributed by atoms with Gasteiger partial charge in [0, 0.05) is 17.1 Å². The minimum atomic E-state index is -4.17. The number of nitrogens with zero attached hydrogens (tertiary/aromatic N) is 1. The highest BCUT2D eigenvalue weighted by Crippen LogP contribution is 2.36. The van der Waals surface area contributed by atoms with Gasteiger partial charge in [0.1, 0.15) is 17.5 Å². The van der Waals surface area contributed by atoms with Gasteiger partial charge in [-0.2, -0.15) is 0 Å². The standard InChI is InChI=1S/C21H12F3NO2S/c22-14-6-4-13(5-7-14)21-18-11-16(24)8-9-19(18)25-12-20(21)28(26,27)17-3-1-2-15(23)10-17/h1-12H. The zero-order valence-electron chi connectivity index (χ0n) is 14.2. The Hall–Kier alpha value is -3.19. The van der Waals surface area contributed by atoms with Crippen molar-refractivity contribution in [1.29, 1.82) is 0 Å². The lowest BCUT2D eigenvalue weighted by Gasteiger charge is -2.14. The number of aromatic nitrogens is 1. The van der Waals surface area contributed by atoms with Gasteiger partial charge in [-0.15, -0.1) is 0 Å². The van der Waals surface area contributed by atoms with Crippen molar-refractivity contribution >= 4 is 20.7 Å². The number of pyridine rings is 1. The SMILES string of the molecule is O=S(=O)(c1cccc(F)c1)c1cnc2ccc(F)cc2c1-c1ccc(F)cc1. The molecule has 140 valence electrons. The summed E-state index contributed by atoms with van der Waals surface area (Å²) in [7, 11) is -4.17. The van der Waals surface area contributed by atoms with Crippen LogP contribution >= 0.6 is 0 Å². The van der Waals surface area contributed by atoms with Crippen molar-refractivity contribution in [2.75, 3.05) is 0 Å². The number of hydrogen-bond donors (Lipinski definition) is 0. The molecule has 1 heterocycles. The van der Waals surface area contributed by atoms with E-state index in [1.807, 2.05) is 0 Å². The third-order valence-corrected chi connectivity index (χ3v) is 6.09. The monoisotopic (exact) mass is 399 g/mol. The molecule has 0 unspecified atom stereocenters. The van der Waals surface area contributed by atoms with E-state index in [1.54, 1.807) is 0 Å². The molecule has 0 aliphatic rings. The van der Waals surface area contributed by atoms with Gasteiger partial charge in [-0.3, -0.25) is 4.98 Å². The summed E-state index contributed by atoms with van der Waals surface area (Å²) in [6.45, 7) is 0. The molecule has 0 spiro atoms. The number of halogens is 3. The molecule has 0 aliphatic carbocycles. The van der Waals surface area contributed by atoms with E-state index in [1.165, 1.54) is 54.6 Å². The summed E-state index contributed by atoms with van der Waals surface area (Å²) in [6, 6.07) is 13.6. The van der Waals surface area contributed by atoms with E-state index in [0.717, 1.165) is 18.3 Å². The Morgan fingerprint density at radius 2 is 1.43 bits per heavy atom. The Morgan fingerprint density at radius 1 is 0.750 bits per heavy atom. The molecule has 28 heavy (non-hydrogen) atoms. The fraction of sp³-hybridized carbons (Fsp3) is 0. The average molecular weight is 399 g/mol. The number of rotatable bonds is 3. The van der Waals surface area contributed by atoms with Crippen LogP contribution in [0.1, 0.15) is 0 Å². The molecule has 0 amide bonds. The zero-order chi connectivity index (χ0) is 19.9. The Balaban J connectivity index is 2.09. The first-order chi connectivity index (χ1) is 13.4. The molecule has 3 aromatic carbocycles. The molecule has 4 aromatic rings. The second-order valence-electron chi connectivity index (χ2n) is 6.13. The van der Waals surface area contributed by atoms with Gasteiger partial charge in [-0.25, -0.2) is 21.6 Å². The summed E-state index contributed by atoms with van der Waals surface area (Å²) in [5.41, 5.74) is 0.919. The minimum Gasteiger partial charge on any atom is -0.255 e. The molecule has 0 saturated heterocycles. The van der Waals surface area contributed by atoms with Crippen LogP contribution in [0.3, 0.4) is 0 Å². The Bertz CT molecular complexity index is 1300. The zero-order valence-corrected chi connectivity index (χ0v) is 15.1. The average Bonchev–Trinajstić information content (AvgIpc) is 2.68. The lowest BCUT2D eigenvalue weighted by atomic mass is 10.0. The highest BCUT2D eigenvalue weighted by Gasteiger charge is 2.25. The summed E-state index contributed by atoms with van der Waals surface area (Å²) in [5, 5.41) is 0.254. The van der Waals surface area contributed by atoms with Crippen LogP contribution in [-0.4, -0.2) is 13.4 Å². The van der Waals surface area contributed by atoms with Gasteiger partial charge in [0.05, 0.1) is 15.3 Å². The Morgan fingerprint density at radius 3 is 2.14 bits per heavy atom. The molecule has 4 rings (SSSR count). The molecule has 0 bridgehead atoms. The van der Waals surface area contributed by atoms with E-state index in [-0.39, 0.29) is 20.7 Å². The smallest absolute Gasteiger partial charge is 0.208 e. The van der Waals surface area contributed by atoms with Crippen molar-refractivity contribution in [3.63, 3.8) is 0 Å². The fourth-order valence-corrected chi connectivity index (χ4v) is 4.49. The van der Waals surface area contributed by atoms with Crippen LogP contribution in [0.25, 0.3) is 22.0 Å². The summed E-state index contributed by atoms with van der Waals surface area (Å²) in [4.78, 5) is 3.65. The molecule has 3 nitrogen and oxygen atoms in total. The molecule has 0 radical (unpaired) electrons. The molecule has 7 heteroatoms. The molecule has 0 aliphatic heterocycles. The van der Waals surface area contributed by atoms with E-state index >= 15 is 0 Å². The maximum Gasteiger partial charge on any atom is 0.208 e. The molecule has 0 saturated carbocycles. The van der Waals surface area contributed by atoms with E-state index in [0.29, 0.717) is 11.1 Å². The normalized spacial score (nSPS) is 11.7.